The van der Waals surface area contributed by atoms with Crippen molar-refractivity contribution in [3.8, 4) is 5.75 Å². The molecule has 0 radical (unpaired) electrons. The molecule has 0 unspecified atom stereocenters. The molecule has 2 heterocycles. The predicted molar refractivity (Wildman–Crippen MR) is 121 cm³/mol. The minimum atomic E-state index is -0.0455. The summed E-state index contributed by atoms with van der Waals surface area (Å²) in [6, 6.07) is 12.3. The van der Waals surface area contributed by atoms with Crippen LogP contribution in [0.1, 0.15) is 34.3 Å². The van der Waals surface area contributed by atoms with Gasteiger partial charge in [0.2, 0.25) is 0 Å². The zero-order chi connectivity index (χ0) is 20.4. The number of rotatable bonds is 5. The number of pyridine rings is 1. The quantitative estimate of drug-likeness (QED) is 0.369. The number of fused-ring (bicyclic) bond motifs is 1. The number of likely N-dealkylation sites (tertiary alicyclic amines) is 1. The smallest absolute Gasteiger partial charge is 0.253 e. The highest BCUT2D eigenvalue weighted by Crippen LogP contribution is 2.26. The van der Waals surface area contributed by atoms with Gasteiger partial charge in [-0.05, 0) is 55.3 Å². The van der Waals surface area contributed by atoms with Crippen molar-refractivity contribution in [2.75, 3.05) is 18.4 Å². The number of nitrogens with one attached hydrogen (secondary N) is 2. The highest BCUT2D eigenvalue weighted by molar-refractivity contribution is 6.00. The summed E-state index contributed by atoms with van der Waals surface area (Å²) in [4.78, 5) is 18.9. The lowest BCUT2D eigenvalue weighted by molar-refractivity contribution is 0.0793. The number of carbonyl (C=O) groups excluding carboxylic acids is 1. The van der Waals surface area contributed by atoms with Crippen LogP contribution < -0.4 is 11.1 Å². The van der Waals surface area contributed by atoms with Crippen molar-refractivity contribution in [2.24, 2.45) is 5.73 Å². The molecule has 5 N–H and O–H groups in total. The molecule has 30 heavy (non-hydrogen) atoms. The molecule has 8 heteroatoms. The third-order valence-electron chi connectivity index (χ3n) is 5.24. The number of aromatic nitrogens is 1. The molecule has 1 saturated heterocycles. The van der Waals surface area contributed by atoms with E-state index in [4.69, 9.17) is 11.1 Å². The molecule has 156 valence electrons. The van der Waals surface area contributed by atoms with Gasteiger partial charge in [0.25, 0.3) is 5.91 Å². The van der Waals surface area contributed by atoms with Crippen molar-refractivity contribution in [3.63, 3.8) is 0 Å². The van der Waals surface area contributed by atoms with Gasteiger partial charge in [-0.1, -0.05) is 0 Å². The molecule has 0 saturated carbocycles. The summed E-state index contributed by atoms with van der Waals surface area (Å²) < 4.78 is 0. The Bertz CT molecular complexity index is 1100. The van der Waals surface area contributed by atoms with Gasteiger partial charge in [0.15, 0.2) is 0 Å². The SMILES string of the molecule is Cl.N=C(N)c1ccc(O)c(CNc2ccnc3cc(C(=O)N4CCCC4)ccc23)c1. The number of halogens is 1. The molecule has 1 aliphatic heterocycles. The van der Waals surface area contributed by atoms with Gasteiger partial charge >= 0.3 is 0 Å². The van der Waals surface area contributed by atoms with Crippen LogP contribution in [0.25, 0.3) is 10.9 Å². The Balaban J connectivity index is 0.00000256. The lowest BCUT2D eigenvalue weighted by atomic mass is 10.1. The number of amidine groups is 1. The van der Waals surface area contributed by atoms with E-state index in [0.29, 0.717) is 23.2 Å². The Labute approximate surface area is 180 Å². The number of amides is 1. The summed E-state index contributed by atoms with van der Waals surface area (Å²) in [6.45, 7) is 1.99. The number of phenolic OH excluding ortho intramolecular Hbond substituents is 1. The Morgan fingerprint density at radius 2 is 1.87 bits per heavy atom. The van der Waals surface area contributed by atoms with E-state index >= 15 is 0 Å². The second-order valence-corrected chi connectivity index (χ2v) is 7.20. The number of anilines is 1. The number of carbonyl (C=O) groups is 1. The molecule has 1 aliphatic rings. The number of hydrogen-bond acceptors (Lipinski definition) is 5. The van der Waals surface area contributed by atoms with E-state index in [0.717, 1.165) is 42.5 Å². The number of hydrogen-bond donors (Lipinski definition) is 4. The zero-order valence-corrected chi connectivity index (χ0v) is 17.2. The lowest BCUT2D eigenvalue weighted by Gasteiger charge is -2.16. The van der Waals surface area contributed by atoms with Crippen LogP contribution in [0.4, 0.5) is 5.69 Å². The van der Waals surface area contributed by atoms with Gasteiger partial charge in [0, 0.05) is 53.6 Å². The second kappa shape index (κ2) is 9.00. The molecule has 1 amide bonds. The van der Waals surface area contributed by atoms with Crippen molar-refractivity contribution in [1.82, 2.24) is 9.88 Å². The Morgan fingerprint density at radius 1 is 1.13 bits per heavy atom. The van der Waals surface area contributed by atoms with Crippen LogP contribution in [-0.4, -0.2) is 39.8 Å². The number of nitrogens with two attached hydrogens (primary N) is 1. The van der Waals surface area contributed by atoms with E-state index in [9.17, 15) is 9.90 Å². The molecule has 0 bridgehead atoms. The molecule has 1 fully saturated rings. The molecule has 1 aromatic heterocycles. The van der Waals surface area contributed by atoms with Crippen LogP contribution >= 0.6 is 12.4 Å². The van der Waals surface area contributed by atoms with Crippen LogP contribution in [0.5, 0.6) is 5.75 Å². The van der Waals surface area contributed by atoms with Gasteiger partial charge in [-0.25, -0.2) is 0 Å². The molecule has 2 aromatic carbocycles. The van der Waals surface area contributed by atoms with Crippen LogP contribution in [0.2, 0.25) is 0 Å². The molecule has 3 aromatic rings. The van der Waals surface area contributed by atoms with Crippen molar-refractivity contribution in [2.45, 2.75) is 19.4 Å². The summed E-state index contributed by atoms with van der Waals surface area (Å²) in [5.74, 6) is 0.144. The Kier molecular flexibility index (Phi) is 6.42. The highest BCUT2D eigenvalue weighted by Gasteiger charge is 2.20. The first-order valence-corrected chi connectivity index (χ1v) is 9.61. The minimum Gasteiger partial charge on any atom is -0.508 e. The molecule has 7 nitrogen and oxygen atoms in total. The van der Waals surface area contributed by atoms with Crippen molar-refractivity contribution in [1.29, 1.82) is 5.41 Å². The van der Waals surface area contributed by atoms with E-state index in [1.165, 1.54) is 6.07 Å². The Hall–Kier alpha value is -3.32. The topological polar surface area (TPSA) is 115 Å². The van der Waals surface area contributed by atoms with E-state index in [2.05, 4.69) is 10.3 Å². The van der Waals surface area contributed by atoms with Crippen LogP contribution in [0.3, 0.4) is 0 Å². The average Bonchev–Trinajstić information content (AvgIpc) is 3.27. The number of nitrogen functional groups attached to an aromatic ring is 1. The van der Waals surface area contributed by atoms with Crippen molar-refractivity contribution < 1.29 is 9.90 Å². The monoisotopic (exact) mass is 425 g/mol. The fourth-order valence-corrected chi connectivity index (χ4v) is 3.62. The third-order valence-corrected chi connectivity index (χ3v) is 5.24. The number of nitrogens with zero attached hydrogens (tertiary/aromatic N) is 2. The highest BCUT2D eigenvalue weighted by atomic mass is 35.5. The molecular weight excluding hydrogens is 402 g/mol. The normalized spacial score (nSPS) is 13.1. The molecule has 0 aliphatic carbocycles. The first-order valence-electron chi connectivity index (χ1n) is 9.61. The van der Waals surface area contributed by atoms with Gasteiger partial charge < -0.3 is 21.1 Å². The van der Waals surface area contributed by atoms with Crippen molar-refractivity contribution >= 4 is 40.7 Å². The zero-order valence-electron chi connectivity index (χ0n) is 16.4. The maximum atomic E-state index is 12.6. The third kappa shape index (κ3) is 4.31. The van der Waals surface area contributed by atoms with Crippen LogP contribution in [-0.2, 0) is 6.54 Å². The first kappa shape index (κ1) is 21.4. The number of aromatic hydroxyl groups is 1. The minimum absolute atomic E-state index is 0. The fraction of sp³-hybridized carbons (Fsp3) is 0.227. The molecule has 4 rings (SSSR count). The maximum absolute atomic E-state index is 12.6. The fourth-order valence-electron chi connectivity index (χ4n) is 3.62. The van der Waals surface area contributed by atoms with Gasteiger partial charge in [-0.3, -0.25) is 15.2 Å². The lowest BCUT2D eigenvalue weighted by Crippen LogP contribution is -2.27. The summed E-state index contributed by atoms with van der Waals surface area (Å²) in [5.41, 5.74) is 8.98. The Morgan fingerprint density at radius 3 is 2.60 bits per heavy atom. The van der Waals surface area contributed by atoms with Gasteiger partial charge in [-0.2, -0.15) is 0 Å². The van der Waals surface area contributed by atoms with Gasteiger partial charge in [-0.15, -0.1) is 12.4 Å². The maximum Gasteiger partial charge on any atom is 0.253 e. The van der Waals surface area contributed by atoms with Crippen LogP contribution in [0.15, 0.2) is 48.7 Å². The average molecular weight is 426 g/mol. The first-order chi connectivity index (χ1) is 14.0. The summed E-state index contributed by atoms with van der Waals surface area (Å²) in [7, 11) is 0. The van der Waals surface area contributed by atoms with E-state index in [1.54, 1.807) is 18.3 Å². The van der Waals surface area contributed by atoms with Crippen molar-refractivity contribution in [3.05, 3.63) is 65.4 Å². The number of phenols is 1. The van der Waals surface area contributed by atoms with E-state index in [1.807, 2.05) is 29.2 Å². The molecule has 0 spiro atoms. The summed E-state index contributed by atoms with van der Waals surface area (Å²) >= 11 is 0. The molecule has 0 atom stereocenters. The summed E-state index contributed by atoms with van der Waals surface area (Å²) in [5, 5.41) is 21.9. The standard InChI is InChI=1S/C22H23N5O2.ClH/c23-21(24)14-4-6-20(28)16(11-14)13-26-18-7-8-25-19-12-15(3-5-17(18)19)22(29)27-9-1-2-10-27;/h3-8,11-12,28H,1-2,9-10,13H2,(H3,23,24)(H,25,26);1H. The second-order valence-electron chi connectivity index (χ2n) is 7.20. The van der Waals surface area contributed by atoms with Gasteiger partial charge in [0.05, 0.1) is 5.52 Å². The molecular formula is C22H24ClN5O2. The largest absolute Gasteiger partial charge is 0.508 e. The van der Waals surface area contributed by atoms with Crippen LogP contribution in [0, 0.1) is 5.41 Å². The van der Waals surface area contributed by atoms with E-state index in [-0.39, 0.29) is 29.9 Å². The van der Waals surface area contributed by atoms with Gasteiger partial charge in [0.1, 0.15) is 11.6 Å². The summed E-state index contributed by atoms with van der Waals surface area (Å²) in [6.07, 6.45) is 3.81. The van der Waals surface area contributed by atoms with E-state index < -0.39 is 0 Å². The number of benzene rings is 2. The predicted octanol–water partition coefficient (Wildman–Crippen LogP) is 3.49.